The molecule has 2 aromatic rings. The number of phenolic OH excluding ortho intramolecular Hbond substituents is 2. The number of aliphatic hydroxyl groups is 1. The largest absolute Gasteiger partial charge is 0.507 e. The maximum Gasteiger partial charge on any atom is 0.225 e. The van der Waals surface area contributed by atoms with Crippen LogP contribution in [0.25, 0.3) is 11.3 Å². The molecule has 0 unspecified atom stereocenters. The van der Waals surface area contributed by atoms with Crippen LogP contribution in [0.4, 0.5) is 0 Å². The molecule has 0 saturated heterocycles. The van der Waals surface area contributed by atoms with E-state index in [1.807, 2.05) is 4.90 Å². The van der Waals surface area contributed by atoms with Crippen molar-refractivity contribution in [3.05, 3.63) is 28.4 Å². The van der Waals surface area contributed by atoms with Crippen LogP contribution < -0.4 is 0 Å². The lowest BCUT2D eigenvalue weighted by Crippen LogP contribution is -2.41. The number of amides is 1. The van der Waals surface area contributed by atoms with Crippen molar-refractivity contribution >= 4 is 17.5 Å². The molecule has 1 amide bonds. The van der Waals surface area contributed by atoms with E-state index >= 15 is 0 Å². The van der Waals surface area contributed by atoms with Crippen LogP contribution in [0.15, 0.2) is 12.1 Å². The van der Waals surface area contributed by atoms with Gasteiger partial charge in [-0.05, 0) is 31.7 Å². The van der Waals surface area contributed by atoms with E-state index in [2.05, 4.69) is 10.2 Å². The number of aromatic hydroxyl groups is 2. The molecule has 8 heteroatoms. The predicted octanol–water partition coefficient (Wildman–Crippen LogP) is 2.58. The zero-order valence-electron chi connectivity index (χ0n) is 14.8. The molecule has 27 heavy (non-hydrogen) atoms. The number of hydrogen-bond donors (Lipinski definition) is 4. The van der Waals surface area contributed by atoms with Crippen LogP contribution in [-0.4, -0.2) is 49.0 Å². The summed E-state index contributed by atoms with van der Waals surface area (Å²) in [4.78, 5) is 14.8. The minimum atomic E-state index is -0.287. The standard InChI is InChI=1S/C19H22ClN3O4/c20-14-7-12(16(25)8-17(14)26)18-13-9-23(6-5-15(13)21-22-18)19(27)10-1-3-11(24)4-2-10/h7-8,10-11,24-26H,1-6,9H2,(H,21,22)/t10-,11-. The van der Waals surface area contributed by atoms with Gasteiger partial charge in [0.1, 0.15) is 17.2 Å². The van der Waals surface area contributed by atoms with Crippen molar-refractivity contribution in [3.8, 4) is 22.8 Å². The Hall–Kier alpha value is -2.25. The zero-order chi connectivity index (χ0) is 19.1. The summed E-state index contributed by atoms with van der Waals surface area (Å²) in [5.41, 5.74) is 2.77. The third kappa shape index (κ3) is 3.37. The average Bonchev–Trinajstić information content (AvgIpc) is 3.07. The number of aromatic amines is 1. The highest BCUT2D eigenvalue weighted by molar-refractivity contribution is 6.32. The van der Waals surface area contributed by atoms with E-state index in [0.29, 0.717) is 43.6 Å². The van der Waals surface area contributed by atoms with E-state index in [4.69, 9.17) is 11.6 Å². The van der Waals surface area contributed by atoms with Crippen LogP contribution in [0.2, 0.25) is 5.02 Å². The van der Waals surface area contributed by atoms with Crippen molar-refractivity contribution in [2.75, 3.05) is 6.54 Å². The van der Waals surface area contributed by atoms with Gasteiger partial charge in [-0.2, -0.15) is 5.10 Å². The highest BCUT2D eigenvalue weighted by Crippen LogP contribution is 2.39. The molecule has 0 bridgehead atoms. The van der Waals surface area contributed by atoms with Crippen molar-refractivity contribution in [3.63, 3.8) is 0 Å². The van der Waals surface area contributed by atoms with E-state index in [1.54, 1.807) is 0 Å². The first-order chi connectivity index (χ1) is 12.9. The summed E-state index contributed by atoms with van der Waals surface area (Å²) in [7, 11) is 0. The highest BCUT2D eigenvalue weighted by Gasteiger charge is 2.32. The van der Waals surface area contributed by atoms with Crippen molar-refractivity contribution in [1.82, 2.24) is 15.1 Å². The molecule has 0 radical (unpaired) electrons. The number of aromatic nitrogens is 2. The van der Waals surface area contributed by atoms with Crippen LogP contribution in [-0.2, 0) is 17.8 Å². The number of carbonyl (C=O) groups is 1. The molecule has 7 nitrogen and oxygen atoms in total. The molecule has 1 aromatic heterocycles. The van der Waals surface area contributed by atoms with E-state index in [-0.39, 0.29) is 34.5 Å². The minimum Gasteiger partial charge on any atom is -0.507 e. The van der Waals surface area contributed by atoms with Crippen LogP contribution in [0.5, 0.6) is 11.5 Å². The number of halogens is 1. The number of benzene rings is 1. The van der Waals surface area contributed by atoms with Gasteiger partial charge in [-0.15, -0.1) is 0 Å². The van der Waals surface area contributed by atoms with Crippen LogP contribution in [0.3, 0.4) is 0 Å². The van der Waals surface area contributed by atoms with Crippen LogP contribution in [0.1, 0.15) is 36.9 Å². The molecule has 0 atom stereocenters. The zero-order valence-corrected chi connectivity index (χ0v) is 15.5. The van der Waals surface area contributed by atoms with E-state index < -0.39 is 0 Å². The summed E-state index contributed by atoms with van der Waals surface area (Å²) in [6.45, 7) is 1.03. The summed E-state index contributed by atoms with van der Waals surface area (Å²) in [6.07, 6.45) is 3.16. The predicted molar refractivity (Wildman–Crippen MR) is 99.4 cm³/mol. The number of nitrogens with zero attached hydrogens (tertiary/aromatic N) is 2. The fraction of sp³-hybridized carbons (Fsp3) is 0.474. The van der Waals surface area contributed by atoms with Crippen LogP contribution in [0, 0.1) is 5.92 Å². The summed E-state index contributed by atoms with van der Waals surface area (Å²) >= 11 is 5.99. The van der Waals surface area contributed by atoms with Crippen LogP contribution >= 0.6 is 11.6 Å². The first kappa shape index (κ1) is 18.1. The van der Waals surface area contributed by atoms with Crippen molar-refractivity contribution in [1.29, 1.82) is 0 Å². The number of aliphatic hydroxyl groups excluding tert-OH is 1. The number of carbonyl (C=O) groups excluding carboxylic acids is 1. The number of nitrogens with one attached hydrogen (secondary N) is 1. The fourth-order valence-electron chi connectivity index (χ4n) is 4.03. The summed E-state index contributed by atoms with van der Waals surface area (Å²) in [6, 6.07) is 2.67. The molecule has 0 spiro atoms. The second-order valence-electron chi connectivity index (χ2n) is 7.37. The van der Waals surface area contributed by atoms with E-state index in [0.717, 1.165) is 24.1 Å². The number of H-pyrrole nitrogens is 1. The van der Waals surface area contributed by atoms with Gasteiger partial charge in [-0.1, -0.05) is 11.6 Å². The smallest absolute Gasteiger partial charge is 0.225 e. The Morgan fingerprint density at radius 3 is 2.67 bits per heavy atom. The Morgan fingerprint density at radius 2 is 1.93 bits per heavy atom. The molecule has 1 fully saturated rings. The lowest BCUT2D eigenvalue weighted by Gasteiger charge is -2.33. The average molecular weight is 392 g/mol. The van der Waals surface area contributed by atoms with E-state index in [1.165, 1.54) is 12.1 Å². The van der Waals surface area contributed by atoms with Gasteiger partial charge in [0.25, 0.3) is 0 Å². The molecule has 4 N–H and O–H groups in total. The lowest BCUT2D eigenvalue weighted by molar-refractivity contribution is -0.138. The Labute approximate surface area is 161 Å². The molecule has 4 rings (SSSR count). The number of fused-ring (bicyclic) bond motifs is 1. The Balaban J connectivity index is 1.59. The normalized spacial score (nSPS) is 22.5. The topological polar surface area (TPSA) is 110 Å². The van der Waals surface area contributed by atoms with Gasteiger partial charge in [0, 0.05) is 48.3 Å². The fourth-order valence-corrected chi connectivity index (χ4v) is 4.19. The number of phenols is 2. The van der Waals surface area contributed by atoms with Crippen molar-refractivity contribution in [2.24, 2.45) is 5.92 Å². The Bertz CT molecular complexity index is 874. The van der Waals surface area contributed by atoms with Gasteiger partial charge in [0.05, 0.1) is 11.1 Å². The lowest BCUT2D eigenvalue weighted by atomic mass is 9.86. The third-order valence-corrected chi connectivity index (χ3v) is 5.91. The van der Waals surface area contributed by atoms with Gasteiger partial charge in [-0.25, -0.2) is 0 Å². The summed E-state index contributed by atoms with van der Waals surface area (Å²) in [5.74, 6) is -0.232. The molecule has 1 saturated carbocycles. The van der Waals surface area contributed by atoms with Gasteiger partial charge >= 0.3 is 0 Å². The molecule has 144 valence electrons. The maximum absolute atomic E-state index is 12.9. The molecule has 1 aliphatic heterocycles. The molecular weight excluding hydrogens is 370 g/mol. The third-order valence-electron chi connectivity index (χ3n) is 5.61. The SMILES string of the molecule is O=C([C@H]1CC[C@H](O)CC1)N1CCc2[nH]nc(-c3cc(Cl)c(O)cc3O)c2C1. The number of rotatable bonds is 2. The highest BCUT2D eigenvalue weighted by atomic mass is 35.5. The van der Waals surface area contributed by atoms with Crippen molar-refractivity contribution in [2.45, 2.75) is 44.8 Å². The quantitative estimate of drug-likeness (QED) is 0.629. The van der Waals surface area contributed by atoms with Gasteiger partial charge in [-0.3, -0.25) is 9.89 Å². The summed E-state index contributed by atoms with van der Waals surface area (Å²) < 4.78 is 0. The Kier molecular flexibility index (Phi) is 4.74. The number of hydrogen-bond acceptors (Lipinski definition) is 5. The molecule has 2 aliphatic rings. The minimum absolute atomic E-state index is 0.0400. The molecule has 1 aliphatic carbocycles. The van der Waals surface area contributed by atoms with Gasteiger partial charge in [0.15, 0.2) is 0 Å². The molecule has 2 heterocycles. The van der Waals surface area contributed by atoms with Crippen molar-refractivity contribution < 1.29 is 20.1 Å². The second kappa shape index (κ2) is 7.05. The first-order valence-electron chi connectivity index (χ1n) is 9.19. The second-order valence-corrected chi connectivity index (χ2v) is 7.77. The molecule has 1 aromatic carbocycles. The molecular formula is C19H22ClN3O4. The van der Waals surface area contributed by atoms with Gasteiger partial charge < -0.3 is 20.2 Å². The Morgan fingerprint density at radius 1 is 1.19 bits per heavy atom. The van der Waals surface area contributed by atoms with E-state index in [9.17, 15) is 20.1 Å². The maximum atomic E-state index is 12.9. The monoisotopic (exact) mass is 391 g/mol. The first-order valence-corrected chi connectivity index (χ1v) is 9.56. The van der Waals surface area contributed by atoms with Gasteiger partial charge in [0.2, 0.25) is 5.91 Å². The summed E-state index contributed by atoms with van der Waals surface area (Å²) in [5, 5.41) is 37.0.